The number of rotatable bonds is 11. The number of amides is 3. The van der Waals surface area contributed by atoms with Gasteiger partial charge in [0.05, 0.1) is 7.11 Å². The van der Waals surface area contributed by atoms with Gasteiger partial charge in [-0.05, 0) is 73.7 Å². The molecule has 4 rings (SSSR count). The Bertz CT molecular complexity index is 1270. The number of hydrogen-bond acceptors (Lipinski definition) is 5. The summed E-state index contributed by atoms with van der Waals surface area (Å²) in [6.45, 7) is 1.96. The van der Waals surface area contributed by atoms with Crippen molar-refractivity contribution in [3.63, 3.8) is 0 Å². The first-order chi connectivity index (χ1) is 19.4. The molecule has 3 aromatic rings. The lowest BCUT2D eigenvalue weighted by atomic mass is 9.94. The molecule has 0 aliphatic heterocycles. The van der Waals surface area contributed by atoms with Crippen LogP contribution in [0.2, 0.25) is 0 Å². The molecule has 0 unspecified atom stereocenters. The Kier molecular flexibility index (Phi) is 10.3. The highest BCUT2D eigenvalue weighted by Gasteiger charge is 2.34. The number of methoxy groups -OCH3 is 1. The predicted molar refractivity (Wildman–Crippen MR) is 156 cm³/mol. The number of anilines is 2. The Hall–Kier alpha value is -4.20. The van der Waals surface area contributed by atoms with Crippen LogP contribution in [0.15, 0.2) is 72.9 Å². The normalized spacial score (nSPS) is 14.2. The first-order valence-electron chi connectivity index (χ1n) is 14.0. The summed E-state index contributed by atoms with van der Waals surface area (Å²) in [5, 5.41) is 5.99. The van der Waals surface area contributed by atoms with E-state index in [0.717, 1.165) is 31.2 Å². The highest BCUT2D eigenvalue weighted by Crippen LogP contribution is 2.31. The lowest BCUT2D eigenvalue weighted by molar-refractivity contribution is -0.127. The second kappa shape index (κ2) is 14.3. The molecule has 1 fully saturated rings. The van der Waals surface area contributed by atoms with Crippen LogP contribution in [0.4, 0.5) is 11.5 Å². The van der Waals surface area contributed by atoms with E-state index >= 15 is 0 Å². The molecular weight excluding hydrogens is 504 g/mol. The second-order valence-electron chi connectivity index (χ2n) is 10.2. The molecule has 1 heterocycles. The number of carbonyl (C=O) groups is 3. The topological polar surface area (TPSA) is 101 Å². The van der Waals surface area contributed by atoms with Crippen LogP contribution >= 0.6 is 0 Å². The molecule has 0 radical (unpaired) electrons. The van der Waals surface area contributed by atoms with Crippen molar-refractivity contribution in [3.05, 3.63) is 84.1 Å². The third kappa shape index (κ3) is 7.91. The second-order valence-corrected chi connectivity index (χ2v) is 10.2. The number of ether oxygens (including phenoxy) is 1. The number of nitrogens with zero attached hydrogens (tertiary/aromatic N) is 2. The summed E-state index contributed by atoms with van der Waals surface area (Å²) in [4.78, 5) is 46.0. The standard InChI is InChI=1S/C32H38N4O4/c1-23-10-8-13-26(22-23)36(30(38)16-9-15-29(37)35-28-14-6-7-21-33-28)31(24-17-19-27(40-2)20-18-24)32(39)34-25-11-4-3-5-12-25/h6-8,10,13-14,17-22,25,31H,3-5,9,11-12,15-16H2,1-2H3,(H,34,39)(H,33,35,37)/t31-/m1/s1. The monoisotopic (exact) mass is 542 g/mol. The van der Waals surface area contributed by atoms with E-state index in [-0.39, 0.29) is 36.6 Å². The molecule has 1 saturated carbocycles. The van der Waals surface area contributed by atoms with Gasteiger partial charge >= 0.3 is 0 Å². The predicted octanol–water partition coefficient (Wildman–Crippen LogP) is 5.73. The molecular formula is C32H38N4O4. The van der Waals surface area contributed by atoms with Crippen LogP contribution in [0.25, 0.3) is 0 Å². The maximum absolute atomic E-state index is 13.9. The van der Waals surface area contributed by atoms with Gasteiger partial charge in [0, 0.05) is 30.8 Å². The lowest BCUT2D eigenvalue weighted by Crippen LogP contribution is -2.47. The summed E-state index contributed by atoms with van der Waals surface area (Å²) in [5.74, 6) is 0.493. The van der Waals surface area contributed by atoms with Crippen LogP contribution in [0.1, 0.15) is 68.5 Å². The minimum absolute atomic E-state index is 0.0896. The first-order valence-corrected chi connectivity index (χ1v) is 14.0. The van der Waals surface area contributed by atoms with E-state index in [0.29, 0.717) is 29.2 Å². The average Bonchev–Trinajstić information content (AvgIpc) is 2.97. The van der Waals surface area contributed by atoms with E-state index in [9.17, 15) is 14.4 Å². The number of benzene rings is 2. The van der Waals surface area contributed by atoms with Crippen LogP contribution in [0.5, 0.6) is 5.75 Å². The fraction of sp³-hybridized carbons (Fsp3) is 0.375. The van der Waals surface area contributed by atoms with Crippen LogP contribution in [-0.2, 0) is 14.4 Å². The SMILES string of the molecule is COc1ccc([C@H](C(=O)NC2CCCCC2)N(C(=O)CCCC(=O)Nc2ccccn2)c2cccc(C)c2)cc1. The van der Waals surface area contributed by atoms with Gasteiger partial charge in [0.15, 0.2) is 0 Å². The van der Waals surface area contributed by atoms with Crippen molar-refractivity contribution < 1.29 is 19.1 Å². The van der Waals surface area contributed by atoms with Gasteiger partial charge in [0.25, 0.3) is 0 Å². The van der Waals surface area contributed by atoms with Crippen molar-refractivity contribution in [1.82, 2.24) is 10.3 Å². The Morgan fingerprint density at radius 3 is 2.42 bits per heavy atom. The van der Waals surface area contributed by atoms with E-state index in [2.05, 4.69) is 15.6 Å². The van der Waals surface area contributed by atoms with Gasteiger partial charge in [-0.15, -0.1) is 0 Å². The summed E-state index contributed by atoms with van der Waals surface area (Å²) in [6, 6.07) is 19.4. The van der Waals surface area contributed by atoms with Crippen molar-refractivity contribution in [2.24, 2.45) is 0 Å². The van der Waals surface area contributed by atoms with Crippen molar-refractivity contribution in [3.8, 4) is 5.75 Å². The Morgan fingerprint density at radius 2 is 1.75 bits per heavy atom. The summed E-state index contributed by atoms with van der Waals surface area (Å²) >= 11 is 0. The zero-order valence-corrected chi connectivity index (χ0v) is 23.3. The average molecular weight is 543 g/mol. The smallest absolute Gasteiger partial charge is 0.248 e. The van der Waals surface area contributed by atoms with Gasteiger partial charge in [-0.1, -0.05) is 49.6 Å². The Labute approximate surface area is 236 Å². The number of carbonyl (C=O) groups excluding carboxylic acids is 3. The van der Waals surface area contributed by atoms with E-state index in [1.807, 2.05) is 43.3 Å². The van der Waals surface area contributed by atoms with Crippen LogP contribution < -0.4 is 20.3 Å². The molecule has 0 bridgehead atoms. The van der Waals surface area contributed by atoms with Gasteiger partial charge < -0.3 is 15.4 Å². The van der Waals surface area contributed by atoms with Crippen LogP contribution in [-0.4, -0.2) is 35.9 Å². The minimum Gasteiger partial charge on any atom is -0.497 e. The molecule has 1 aromatic heterocycles. The molecule has 40 heavy (non-hydrogen) atoms. The molecule has 1 atom stereocenters. The summed E-state index contributed by atoms with van der Waals surface area (Å²) in [7, 11) is 1.59. The molecule has 1 aliphatic carbocycles. The Balaban J connectivity index is 1.58. The van der Waals surface area contributed by atoms with E-state index in [1.165, 1.54) is 6.42 Å². The van der Waals surface area contributed by atoms with Crippen molar-refractivity contribution in [2.75, 3.05) is 17.3 Å². The number of pyridine rings is 1. The molecule has 8 nitrogen and oxygen atoms in total. The molecule has 0 saturated heterocycles. The van der Waals surface area contributed by atoms with E-state index in [1.54, 1.807) is 48.5 Å². The maximum Gasteiger partial charge on any atom is 0.248 e. The van der Waals surface area contributed by atoms with Crippen molar-refractivity contribution in [1.29, 1.82) is 0 Å². The van der Waals surface area contributed by atoms with Gasteiger partial charge in [0.1, 0.15) is 17.6 Å². The summed E-state index contributed by atoms with van der Waals surface area (Å²) in [6.07, 6.45) is 7.42. The molecule has 3 amide bonds. The van der Waals surface area contributed by atoms with Crippen LogP contribution in [0.3, 0.4) is 0 Å². The van der Waals surface area contributed by atoms with Gasteiger partial charge in [0.2, 0.25) is 17.7 Å². The van der Waals surface area contributed by atoms with Gasteiger partial charge in [-0.2, -0.15) is 0 Å². The third-order valence-corrected chi connectivity index (χ3v) is 7.17. The highest BCUT2D eigenvalue weighted by atomic mass is 16.5. The summed E-state index contributed by atoms with van der Waals surface area (Å²) < 4.78 is 5.33. The molecule has 0 spiro atoms. The maximum atomic E-state index is 13.9. The summed E-state index contributed by atoms with van der Waals surface area (Å²) in [5.41, 5.74) is 2.31. The Morgan fingerprint density at radius 1 is 0.975 bits per heavy atom. The van der Waals surface area contributed by atoms with E-state index in [4.69, 9.17) is 4.74 Å². The van der Waals surface area contributed by atoms with Crippen molar-refractivity contribution in [2.45, 2.75) is 70.4 Å². The fourth-order valence-electron chi connectivity index (χ4n) is 5.11. The third-order valence-electron chi connectivity index (χ3n) is 7.17. The van der Waals surface area contributed by atoms with E-state index < -0.39 is 6.04 Å². The number of aryl methyl sites for hydroxylation is 1. The van der Waals surface area contributed by atoms with Gasteiger partial charge in [-0.25, -0.2) is 4.98 Å². The van der Waals surface area contributed by atoms with Crippen molar-refractivity contribution >= 4 is 29.2 Å². The first kappa shape index (κ1) is 28.8. The minimum atomic E-state index is -0.871. The number of hydrogen-bond donors (Lipinski definition) is 2. The molecule has 210 valence electrons. The van der Waals surface area contributed by atoms with Crippen LogP contribution in [0, 0.1) is 6.92 Å². The quantitative estimate of drug-likeness (QED) is 0.322. The molecule has 2 aromatic carbocycles. The molecule has 1 aliphatic rings. The molecule has 8 heteroatoms. The fourth-order valence-corrected chi connectivity index (χ4v) is 5.11. The number of nitrogens with one attached hydrogen (secondary N) is 2. The molecule has 2 N–H and O–H groups in total. The zero-order chi connectivity index (χ0) is 28.3. The largest absolute Gasteiger partial charge is 0.497 e. The highest BCUT2D eigenvalue weighted by molar-refractivity contribution is 6.01. The number of aromatic nitrogens is 1. The lowest BCUT2D eigenvalue weighted by Gasteiger charge is -2.34. The zero-order valence-electron chi connectivity index (χ0n) is 23.3. The van der Waals surface area contributed by atoms with Gasteiger partial charge in [-0.3, -0.25) is 19.3 Å².